The molecule has 0 radical (unpaired) electrons. The van der Waals surface area contributed by atoms with Crippen molar-refractivity contribution in [2.24, 2.45) is 0 Å². The average molecular weight is 500 g/mol. The first-order valence-electron chi connectivity index (χ1n) is 11.7. The third-order valence-corrected chi connectivity index (χ3v) is 6.13. The Morgan fingerprint density at radius 1 is 1.08 bits per heavy atom. The highest BCUT2D eigenvalue weighted by atomic mass is 19.4. The minimum atomic E-state index is -4.37. The number of hydrogen-bond acceptors (Lipinski definition) is 4. The lowest BCUT2D eigenvalue weighted by molar-refractivity contribution is -0.137. The van der Waals surface area contributed by atoms with Crippen LogP contribution in [0.5, 0.6) is 0 Å². The monoisotopic (exact) mass is 499 g/mol. The SMILES string of the molecule is CN(C)C(=O)NC1CCN(c2ccc3cc(NC(=O)CCc4ccc(C(F)(F)F)cc4)ccc3n2)C1. The highest BCUT2D eigenvalue weighted by Crippen LogP contribution is 2.29. The van der Waals surface area contributed by atoms with Gasteiger partial charge in [-0.25, -0.2) is 9.78 Å². The topological polar surface area (TPSA) is 77.6 Å². The zero-order valence-corrected chi connectivity index (χ0v) is 20.1. The normalized spacial score (nSPS) is 15.7. The van der Waals surface area contributed by atoms with E-state index in [-0.39, 0.29) is 24.4 Å². The molecule has 7 nitrogen and oxygen atoms in total. The van der Waals surface area contributed by atoms with Crippen molar-refractivity contribution in [2.75, 3.05) is 37.4 Å². The van der Waals surface area contributed by atoms with Crippen LogP contribution >= 0.6 is 0 Å². The van der Waals surface area contributed by atoms with Crippen LogP contribution in [0.25, 0.3) is 10.9 Å². The first-order valence-corrected chi connectivity index (χ1v) is 11.7. The molecule has 4 rings (SSSR count). The molecule has 10 heteroatoms. The molecule has 1 aliphatic rings. The Hall–Kier alpha value is -3.82. The first kappa shape index (κ1) is 25.3. The molecule has 0 spiro atoms. The van der Waals surface area contributed by atoms with Crippen molar-refractivity contribution in [1.29, 1.82) is 0 Å². The Bertz CT molecular complexity index is 1240. The van der Waals surface area contributed by atoms with Crippen LogP contribution in [0, 0.1) is 0 Å². The van der Waals surface area contributed by atoms with Gasteiger partial charge in [-0.05, 0) is 60.9 Å². The Morgan fingerprint density at radius 3 is 2.53 bits per heavy atom. The molecule has 0 aliphatic carbocycles. The number of aromatic nitrogens is 1. The summed E-state index contributed by atoms with van der Waals surface area (Å²) in [6.45, 7) is 1.48. The summed E-state index contributed by atoms with van der Waals surface area (Å²) in [6.07, 6.45) is -3.03. The summed E-state index contributed by atoms with van der Waals surface area (Å²) in [5, 5.41) is 6.71. The predicted molar refractivity (Wildman–Crippen MR) is 133 cm³/mol. The van der Waals surface area contributed by atoms with Gasteiger partial charge in [0.25, 0.3) is 0 Å². The number of rotatable bonds is 6. The zero-order chi connectivity index (χ0) is 25.9. The van der Waals surface area contributed by atoms with Crippen LogP contribution in [-0.4, -0.2) is 55.0 Å². The van der Waals surface area contributed by atoms with Crippen molar-refractivity contribution in [3.8, 4) is 0 Å². The van der Waals surface area contributed by atoms with Gasteiger partial charge in [-0.2, -0.15) is 13.2 Å². The molecule has 1 aromatic heterocycles. The van der Waals surface area contributed by atoms with E-state index in [2.05, 4.69) is 15.5 Å². The lowest BCUT2D eigenvalue weighted by Crippen LogP contribution is -2.42. The van der Waals surface area contributed by atoms with Crippen molar-refractivity contribution >= 4 is 34.3 Å². The van der Waals surface area contributed by atoms with E-state index >= 15 is 0 Å². The first-order chi connectivity index (χ1) is 17.1. The number of anilines is 2. The molecule has 190 valence electrons. The quantitative estimate of drug-likeness (QED) is 0.517. The van der Waals surface area contributed by atoms with Crippen LogP contribution < -0.4 is 15.5 Å². The van der Waals surface area contributed by atoms with E-state index in [9.17, 15) is 22.8 Å². The maximum atomic E-state index is 12.7. The van der Waals surface area contributed by atoms with Gasteiger partial charge in [0.05, 0.1) is 11.1 Å². The van der Waals surface area contributed by atoms with Crippen LogP contribution in [0.15, 0.2) is 54.6 Å². The van der Waals surface area contributed by atoms with Gasteiger partial charge < -0.3 is 20.4 Å². The molecule has 2 heterocycles. The average Bonchev–Trinajstić information content (AvgIpc) is 3.30. The number of fused-ring (bicyclic) bond motifs is 1. The molecule has 2 aromatic carbocycles. The second-order valence-corrected chi connectivity index (χ2v) is 9.10. The van der Waals surface area contributed by atoms with E-state index in [0.29, 0.717) is 24.2 Å². The maximum Gasteiger partial charge on any atom is 0.416 e. The fourth-order valence-corrected chi connectivity index (χ4v) is 4.10. The summed E-state index contributed by atoms with van der Waals surface area (Å²) >= 11 is 0. The molecule has 1 saturated heterocycles. The molecule has 0 saturated carbocycles. The maximum absolute atomic E-state index is 12.7. The number of carbonyl (C=O) groups is 2. The number of hydrogen-bond donors (Lipinski definition) is 2. The van der Waals surface area contributed by atoms with E-state index in [1.807, 2.05) is 24.3 Å². The standard InChI is InChI=1S/C26H28F3N5O2/c1-33(2)25(36)31-21-13-14-34(16-21)23-11-6-18-15-20(9-10-22(18)32-23)30-24(35)12-5-17-3-7-19(8-4-17)26(27,28)29/h3-4,6-11,15,21H,5,12-14,16H2,1-2H3,(H,30,35)(H,31,36). The zero-order valence-electron chi connectivity index (χ0n) is 20.1. The van der Waals surface area contributed by atoms with Gasteiger partial charge in [-0.1, -0.05) is 12.1 Å². The number of aryl methyl sites for hydroxylation is 1. The molecule has 36 heavy (non-hydrogen) atoms. The van der Waals surface area contributed by atoms with Gasteiger partial charge >= 0.3 is 12.2 Å². The second kappa shape index (κ2) is 10.4. The molecule has 1 aliphatic heterocycles. The number of nitrogens with zero attached hydrogens (tertiary/aromatic N) is 3. The molecule has 1 unspecified atom stereocenters. The smallest absolute Gasteiger partial charge is 0.354 e. The van der Waals surface area contributed by atoms with Gasteiger partial charge in [0.1, 0.15) is 5.82 Å². The molecule has 1 atom stereocenters. The van der Waals surface area contributed by atoms with Crippen molar-refractivity contribution < 1.29 is 22.8 Å². The van der Waals surface area contributed by atoms with Crippen molar-refractivity contribution in [3.63, 3.8) is 0 Å². The number of alkyl halides is 3. The van der Waals surface area contributed by atoms with Crippen LogP contribution in [0.4, 0.5) is 29.5 Å². The third kappa shape index (κ3) is 6.24. The van der Waals surface area contributed by atoms with Gasteiger partial charge in [-0.3, -0.25) is 4.79 Å². The molecule has 3 amide bonds. The van der Waals surface area contributed by atoms with Crippen LogP contribution in [0.3, 0.4) is 0 Å². The lowest BCUT2D eigenvalue weighted by Gasteiger charge is -2.20. The van der Waals surface area contributed by atoms with Gasteiger partial charge in [0.15, 0.2) is 0 Å². The Morgan fingerprint density at radius 2 is 1.83 bits per heavy atom. The molecule has 2 N–H and O–H groups in total. The Labute approximate surface area is 207 Å². The van der Waals surface area contributed by atoms with E-state index in [0.717, 1.165) is 41.8 Å². The number of benzene rings is 2. The predicted octanol–water partition coefficient (Wildman–Crippen LogP) is 4.67. The molecular weight excluding hydrogens is 471 g/mol. The number of halogens is 3. The van der Waals surface area contributed by atoms with Gasteiger partial charge in [-0.15, -0.1) is 0 Å². The number of urea groups is 1. The minimum absolute atomic E-state index is 0.0672. The Balaban J connectivity index is 1.33. The highest BCUT2D eigenvalue weighted by Gasteiger charge is 2.30. The largest absolute Gasteiger partial charge is 0.416 e. The van der Waals surface area contributed by atoms with E-state index in [1.165, 1.54) is 17.0 Å². The molecule has 3 aromatic rings. The lowest BCUT2D eigenvalue weighted by atomic mass is 10.1. The minimum Gasteiger partial charge on any atom is -0.354 e. The second-order valence-electron chi connectivity index (χ2n) is 9.10. The summed E-state index contributed by atoms with van der Waals surface area (Å²) in [5.41, 5.74) is 1.38. The molecule has 1 fully saturated rings. The summed E-state index contributed by atoms with van der Waals surface area (Å²) in [4.78, 5) is 32.7. The number of nitrogens with one attached hydrogen (secondary N) is 2. The van der Waals surface area contributed by atoms with Crippen molar-refractivity contribution in [2.45, 2.75) is 31.5 Å². The summed E-state index contributed by atoms with van der Waals surface area (Å²) < 4.78 is 38.0. The number of pyridine rings is 1. The van der Waals surface area contributed by atoms with E-state index < -0.39 is 11.7 Å². The fourth-order valence-electron chi connectivity index (χ4n) is 4.10. The van der Waals surface area contributed by atoms with Crippen LogP contribution in [0.2, 0.25) is 0 Å². The van der Waals surface area contributed by atoms with Crippen molar-refractivity contribution in [3.05, 3.63) is 65.7 Å². The van der Waals surface area contributed by atoms with Crippen LogP contribution in [-0.2, 0) is 17.4 Å². The summed E-state index contributed by atoms with van der Waals surface area (Å²) in [7, 11) is 3.42. The fraction of sp³-hybridized carbons (Fsp3) is 0.346. The third-order valence-electron chi connectivity index (χ3n) is 6.13. The summed E-state index contributed by atoms with van der Waals surface area (Å²) in [5.74, 6) is 0.610. The van der Waals surface area contributed by atoms with Gasteiger partial charge in [0.2, 0.25) is 5.91 Å². The summed E-state index contributed by atoms with van der Waals surface area (Å²) in [6, 6.07) is 14.1. The van der Waals surface area contributed by atoms with Gasteiger partial charge in [0, 0.05) is 50.7 Å². The van der Waals surface area contributed by atoms with Crippen LogP contribution in [0.1, 0.15) is 24.0 Å². The van der Waals surface area contributed by atoms with E-state index in [4.69, 9.17) is 4.98 Å². The van der Waals surface area contributed by atoms with E-state index in [1.54, 1.807) is 20.2 Å². The molecule has 0 bridgehead atoms. The van der Waals surface area contributed by atoms with Crippen molar-refractivity contribution in [1.82, 2.24) is 15.2 Å². The Kier molecular flexibility index (Phi) is 7.32. The molecular formula is C26H28F3N5O2. The number of carbonyl (C=O) groups excluding carboxylic acids is 2. The number of amides is 3. The highest BCUT2D eigenvalue weighted by molar-refractivity contribution is 5.94.